The van der Waals surface area contributed by atoms with Crippen molar-refractivity contribution >= 4 is 42.8 Å². The lowest BCUT2D eigenvalue weighted by atomic mass is 9.96. The zero-order valence-electron chi connectivity index (χ0n) is 15.9. The highest BCUT2D eigenvalue weighted by atomic mass is 32.1. The normalized spacial score (nSPS) is 11.2. The van der Waals surface area contributed by atoms with Gasteiger partial charge in [-0.2, -0.15) is 5.26 Å². The van der Waals surface area contributed by atoms with Gasteiger partial charge in [-0.05, 0) is 83.1 Å². The van der Waals surface area contributed by atoms with Crippen molar-refractivity contribution in [2.75, 3.05) is 6.61 Å². The van der Waals surface area contributed by atoms with E-state index in [9.17, 15) is 5.11 Å². The second-order valence-corrected chi connectivity index (χ2v) is 8.66. The molecule has 0 radical (unpaired) electrons. The average Bonchev–Trinajstić information content (AvgIpc) is 3.35. The molecule has 0 saturated heterocycles. The van der Waals surface area contributed by atoms with Crippen LogP contribution in [-0.2, 0) is 19.3 Å². The van der Waals surface area contributed by atoms with Crippen molar-refractivity contribution in [2.45, 2.75) is 33.1 Å². The summed E-state index contributed by atoms with van der Waals surface area (Å²) in [6, 6.07) is 10.3. The van der Waals surface area contributed by atoms with E-state index in [1.165, 1.54) is 20.3 Å². The lowest BCUT2D eigenvalue weighted by Gasteiger charge is -2.14. The second-order valence-electron chi connectivity index (χ2n) is 6.83. The van der Waals surface area contributed by atoms with E-state index in [1.54, 1.807) is 22.7 Å². The highest BCUT2D eigenvalue weighted by Crippen LogP contribution is 2.38. The molecule has 1 N–H and O–H groups in total. The van der Waals surface area contributed by atoms with Gasteiger partial charge in [-0.25, -0.2) is 0 Å². The highest BCUT2D eigenvalue weighted by molar-refractivity contribution is 7.17. The fourth-order valence-corrected chi connectivity index (χ4v) is 5.77. The number of phenolic OH excluding ortho intramolecular Hbond substituents is 1. The van der Waals surface area contributed by atoms with Crippen molar-refractivity contribution in [1.82, 2.24) is 0 Å². The Balaban J connectivity index is 1.75. The zero-order valence-corrected chi connectivity index (χ0v) is 17.5. The molecule has 0 spiro atoms. The number of rotatable bonds is 6. The van der Waals surface area contributed by atoms with Crippen LogP contribution in [0, 0.1) is 18.3 Å². The summed E-state index contributed by atoms with van der Waals surface area (Å²) in [6.45, 7) is 4.20. The predicted octanol–water partition coefficient (Wildman–Crippen LogP) is 6.38. The SMILES string of the molecule is CCc1c(O)cc(CCc2c(OCC#N)cc(C)c3sccc23)c2sccc12. The quantitative estimate of drug-likeness (QED) is 0.403. The van der Waals surface area contributed by atoms with Crippen LogP contribution in [0.2, 0.25) is 0 Å². The Morgan fingerprint density at radius 3 is 2.46 bits per heavy atom. The molecule has 0 amide bonds. The van der Waals surface area contributed by atoms with Crippen molar-refractivity contribution in [2.24, 2.45) is 0 Å². The van der Waals surface area contributed by atoms with Crippen LogP contribution in [0.15, 0.2) is 35.0 Å². The van der Waals surface area contributed by atoms with Gasteiger partial charge in [-0.3, -0.25) is 0 Å². The van der Waals surface area contributed by atoms with Gasteiger partial charge in [0, 0.05) is 20.5 Å². The fourth-order valence-electron chi connectivity index (χ4n) is 3.90. The molecule has 0 fully saturated rings. The van der Waals surface area contributed by atoms with Gasteiger partial charge in [0.25, 0.3) is 0 Å². The molecule has 0 bridgehead atoms. The number of hydrogen-bond donors (Lipinski definition) is 1. The van der Waals surface area contributed by atoms with Crippen molar-refractivity contribution in [3.8, 4) is 17.6 Å². The molecule has 0 atom stereocenters. The number of aryl methyl sites for hydroxylation is 4. The molecule has 0 aliphatic carbocycles. The summed E-state index contributed by atoms with van der Waals surface area (Å²) in [6.07, 6.45) is 2.43. The Kier molecular flexibility index (Phi) is 5.25. The number of hydrogen-bond acceptors (Lipinski definition) is 5. The maximum Gasteiger partial charge on any atom is 0.174 e. The van der Waals surface area contributed by atoms with E-state index in [4.69, 9.17) is 10.00 Å². The van der Waals surface area contributed by atoms with Crippen molar-refractivity contribution in [3.63, 3.8) is 0 Å². The molecule has 142 valence electrons. The van der Waals surface area contributed by atoms with Crippen LogP contribution in [-0.4, -0.2) is 11.7 Å². The van der Waals surface area contributed by atoms with E-state index in [0.717, 1.165) is 47.1 Å². The lowest BCUT2D eigenvalue weighted by Crippen LogP contribution is -2.01. The monoisotopic (exact) mass is 407 g/mol. The molecule has 0 aliphatic rings. The summed E-state index contributed by atoms with van der Waals surface area (Å²) in [5, 5.41) is 26.0. The van der Waals surface area contributed by atoms with Crippen LogP contribution in [0.3, 0.4) is 0 Å². The van der Waals surface area contributed by atoms with Gasteiger partial charge in [0.05, 0.1) is 0 Å². The van der Waals surface area contributed by atoms with Gasteiger partial charge in [-0.15, -0.1) is 22.7 Å². The van der Waals surface area contributed by atoms with Gasteiger partial charge in [0.1, 0.15) is 17.6 Å². The van der Waals surface area contributed by atoms with Crippen LogP contribution in [0.4, 0.5) is 0 Å². The van der Waals surface area contributed by atoms with Crippen LogP contribution in [0.5, 0.6) is 11.5 Å². The first kappa shape index (κ1) is 18.8. The maximum atomic E-state index is 10.5. The zero-order chi connectivity index (χ0) is 19.7. The third-order valence-corrected chi connectivity index (χ3v) is 7.23. The lowest BCUT2D eigenvalue weighted by molar-refractivity contribution is 0.364. The number of fused-ring (bicyclic) bond motifs is 2. The Labute approximate surface area is 172 Å². The summed E-state index contributed by atoms with van der Waals surface area (Å²) in [7, 11) is 0. The first-order valence-corrected chi connectivity index (χ1v) is 11.1. The Hall–Kier alpha value is -2.55. The van der Waals surface area contributed by atoms with Gasteiger partial charge in [0.15, 0.2) is 6.61 Å². The Bertz CT molecular complexity index is 1200. The fraction of sp³-hybridized carbons (Fsp3) is 0.261. The van der Waals surface area contributed by atoms with Crippen molar-refractivity contribution in [1.29, 1.82) is 5.26 Å². The number of nitriles is 1. The Morgan fingerprint density at radius 2 is 1.75 bits per heavy atom. The molecule has 28 heavy (non-hydrogen) atoms. The number of benzene rings is 2. The number of thiophene rings is 2. The van der Waals surface area contributed by atoms with E-state index >= 15 is 0 Å². The third-order valence-electron chi connectivity index (χ3n) is 5.19. The Morgan fingerprint density at radius 1 is 1.04 bits per heavy atom. The molecule has 5 heteroatoms. The largest absolute Gasteiger partial charge is 0.508 e. The molecule has 0 unspecified atom stereocenters. The van der Waals surface area contributed by atoms with Crippen LogP contribution in [0.25, 0.3) is 20.2 Å². The molecule has 0 saturated carbocycles. The summed E-state index contributed by atoms with van der Waals surface area (Å²) in [5.74, 6) is 1.18. The smallest absolute Gasteiger partial charge is 0.174 e. The average molecular weight is 408 g/mol. The highest BCUT2D eigenvalue weighted by Gasteiger charge is 2.16. The van der Waals surface area contributed by atoms with Gasteiger partial charge in [0.2, 0.25) is 0 Å². The topological polar surface area (TPSA) is 53.2 Å². The van der Waals surface area contributed by atoms with Crippen molar-refractivity contribution < 1.29 is 9.84 Å². The van der Waals surface area contributed by atoms with E-state index in [-0.39, 0.29) is 6.61 Å². The first-order valence-electron chi connectivity index (χ1n) is 9.34. The van der Waals surface area contributed by atoms with Gasteiger partial charge >= 0.3 is 0 Å². The van der Waals surface area contributed by atoms with E-state index < -0.39 is 0 Å². The molecular weight excluding hydrogens is 386 g/mol. The van der Waals surface area contributed by atoms with E-state index in [2.05, 4.69) is 42.8 Å². The third kappa shape index (κ3) is 3.23. The number of nitrogens with zero attached hydrogens (tertiary/aromatic N) is 1. The van der Waals surface area contributed by atoms with Gasteiger partial charge < -0.3 is 9.84 Å². The predicted molar refractivity (Wildman–Crippen MR) is 118 cm³/mol. The molecule has 2 heterocycles. The molecule has 2 aromatic heterocycles. The molecule has 2 aromatic carbocycles. The van der Waals surface area contributed by atoms with E-state index in [0.29, 0.717) is 5.75 Å². The van der Waals surface area contributed by atoms with Crippen LogP contribution < -0.4 is 4.74 Å². The maximum absolute atomic E-state index is 10.5. The summed E-state index contributed by atoms with van der Waals surface area (Å²) < 4.78 is 8.28. The van der Waals surface area contributed by atoms with Crippen LogP contribution in [0.1, 0.15) is 29.2 Å². The van der Waals surface area contributed by atoms with Gasteiger partial charge in [-0.1, -0.05) is 6.92 Å². The minimum Gasteiger partial charge on any atom is -0.508 e. The molecular formula is C23H21NO2S2. The second kappa shape index (κ2) is 7.83. The van der Waals surface area contributed by atoms with Crippen molar-refractivity contribution in [3.05, 3.63) is 57.3 Å². The standard InChI is InChI=1S/C23H21NO2S2/c1-3-16-18-6-11-28-23(18)15(13-20(16)25)4-5-17-19-7-10-27-22(19)14(2)12-21(17)26-9-8-24/h6-7,10-13,25H,3-5,9H2,1-2H3. The summed E-state index contributed by atoms with van der Waals surface area (Å²) >= 11 is 3.46. The molecule has 4 aromatic rings. The minimum atomic E-state index is 0.0449. The molecule has 3 nitrogen and oxygen atoms in total. The minimum absolute atomic E-state index is 0.0449. The number of aromatic hydroxyl groups is 1. The molecule has 4 rings (SSSR count). The van der Waals surface area contributed by atoms with Crippen LogP contribution >= 0.6 is 22.7 Å². The molecule has 0 aliphatic heterocycles. The van der Waals surface area contributed by atoms with E-state index in [1.807, 2.05) is 12.1 Å². The summed E-state index contributed by atoms with van der Waals surface area (Å²) in [4.78, 5) is 0. The number of ether oxygens (including phenoxy) is 1. The number of phenols is 1. The first-order chi connectivity index (χ1) is 13.6. The summed E-state index contributed by atoms with van der Waals surface area (Å²) in [5.41, 5.74) is 4.50.